The molecule has 0 aliphatic rings. The molecular formula is C24H47N2+. The Kier molecular flexibility index (Phi) is 15.8. The highest BCUT2D eigenvalue weighted by Gasteiger charge is 2.03. The summed E-state index contributed by atoms with van der Waals surface area (Å²) in [5, 5.41) is 0. The van der Waals surface area contributed by atoms with E-state index in [1.165, 1.54) is 122 Å². The van der Waals surface area contributed by atoms with Crippen LogP contribution in [0.1, 0.15) is 123 Å². The second-order valence-corrected chi connectivity index (χ2v) is 8.19. The molecule has 1 rings (SSSR count). The first-order chi connectivity index (χ1) is 12.9. The number of imidazole rings is 1. The standard InChI is InChI=1S/C24H47N2/c1-3-5-7-9-10-11-12-13-14-15-16-17-19-21-26-23-22-25(24-26)20-18-8-6-4-2/h22-24H,3-21H2,1-2H3/q+1. The van der Waals surface area contributed by atoms with Gasteiger partial charge in [-0.05, 0) is 25.7 Å². The monoisotopic (exact) mass is 363 g/mol. The molecular weight excluding hydrogens is 316 g/mol. The fraction of sp³-hybridized carbons (Fsp3) is 0.875. The summed E-state index contributed by atoms with van der Waals surface area (Å²) in [6, 6.07) is 0. The number of hydrogen-bond acceptors (Lipinski definition) is 0. The Hall–Kier alpha value is -0.790. The summed E-state index contributed by atoms with van der Waals surface area (Å²) in [6.45, 7) is 6.95. The molecule has 0 unspecified atom stereocenters. The summed E-state index contributed by atoms with van der Waals surface area (Å²) < 4.78 is 4.73. The van der Waals surface area contributed by atoms with Gasteiger partial charge in [0.15, 0.2) is 0 Å². The van der Waals surface area contributed by atoms with Crippen molar-refractivity contribution < 1.29 is 4.57 Å². The smallest absolute Gasteiger partial charge is 0.237 e. The molecule has 1 heterocycles. The van der Waals surface area contributed by atoms with Crippen molar-refractivity contribution in [3.63, 3.8) is 0 Å². The van der Waals surface area contributed by atoms with Gasteiger partial charge in [0.1, 0.15) is 12.4 Å². The second kappa shape index (κ2) is 17.6. The molecule has 0 saturated carbocycles. The highest BCUT2D eigenvalue weighted by atomic mass is 15.1. The Morgan fingerprint density at radius 1 is 0.577 bits per heavy atom. The molecule has 0 bridgehead atoms. The van der Waals surface area contributed by atoms with E-state index >= 15 is 0 Å². The van der Waals surface area contributed by atoms with Crippen LogP contribution in [-0.4, -0.2) is 4.57 Å². The number of aromatic nitrogens is 2. The van der Waals surface area contributed by atoms with Crippen molar-refractivity contribution in [1.29, 1.82) is 0 Å². The Balaban J connectivity index is 1.85. The normalized spacial score (nSPS) is 11.3. The van der Waals surface area contributed by atoms with Gasteiger partial charge in [0.25, 0.3) is 0 Å². The van der Waals surface area contributed by atoms with Crippen LogP contribution < -0.4 is 4.57 Å². The van der Waals surface area contributed by atoms with E-state index in [9.17, 15) is 0 Å². The van der Waals surface area contributed by atoms with Gasteiger partial charge in [-0.2, -0.15) is 0 Å². The van der Waals surface area contributed by atoms with Gasteiger partial charge in [-0.25, -0.2) is 9.13 Å². The minimum Gasteiger partial charge on any atom is -0.237 e. The summed E-state index contributed by atoms with van der Waals surface area (Å²) in [4.78, 5) is 0. The summed E-state index contributed by atoms with van der Waals surface area (Å²) in [7, 11) is 0. The van der Waals surface area contributed by atoms with Crippen molar-refractivity contribution in [1.82, 2.24) is 4.57 Å². The maximum Gasteiger partial charge on any atom is 0.243 e. The lowest BCUT2D eigenvalue weighted by molar-refractivity contribution is -0.696. The summed E-state index contributed by atoms with van der Waals surface area (Å²) in [6.07, 6.45) is 30.8. The summed E-state index contributed by atoms with van der Waals surface area (Å²) in [5.41, 5.74) is 0. The van der Waals surface area contributed by atoms with E-state index in [0.717, 1.165) is 0 Å². The number of unbranched alkanes of at least 4 members (excludes halogenated alkanes) is 15. The molecule has 0 atom stereocenters. The van der Waals surface area contributed by atoms with Crippen LogP contribution in [0.3, 0.4) is 0 Å². The second-order valence-electron chi connectivity index (χ2n) is 8.19. The van der Waals surface area contributed by atoms with E-state index in [0.29, 0.717) is 0 Å². The molecule has 152 valence electrons. The molecule has 0 aromatic carbocycles. The predicted molar refractivity (Wildman–Crippen MR) is 114 cm³/mol. The number of nitrogens with zero attached hydrogens (tertiary/aromatic N) is 2. The van der Waals surface area contributed by atoms with Crippen LogP contribution >= 0.6 is 0 Å². The van der Waals surface area contributed by atoms with Gasteiger partial charge in [0, 0.05) is 0 Å². The molecule has 0 aliphatic heterocycles. The van der Waals surface area contributed by atoms with Crippen LogP contribution in [-0.2, 0) is 13.1 Å². The lowest BCUT2D eigenvalue weighted by Gasteiger charge is -2.02. The van der Waals surface area contributed by atoms with Crippen LogP contribution in [0, 0.1) is 0 Å². The molecule has 2 heteroatoms. The summed E-state index contributed by atoms with van der Waals surface area (Å²) in [5.74, 6) is 0. The van der Waals surface area contributed by atoms with Gasteiger partial charge in [0.2, 0.25) is 6.33 Å². The van der Waals surface area contributed by atoms with Crippen molar-refractivity contribution in [3.8, 4) is 0 Å². The van der Waals surface area contributed by atoms with Crippen molar-refractivity contribution in [2.45, 2.75) is 136 Å². The van der Waals surface area contributed by atoms with Crippen LogP contribution in [0.25, 0.3) is 0 Å². The van der Waals surface area contributed by atoms with Crippen LogP contribution in [0.2, 0.25) is 0 Å². The number of aryl methyl sites for hydroxylation is 2. The van der Waals surface area contributed by atoms with Gasteiger partial charge < -0.3 is 0 Å². The highest BCUT2D eigenvalue weighted by molar-refractivity contribution is 4.66. The molecule has 2 nitrogen and oxygen atoms in total. The average Bonchev–Trinajstić information content (AvgIpc) is 3.10. The summed E-state index contributed by atoms with van der Waals surface area (Å²) >= 11 is 0. The lowest BCUT2D eigenvalue weighted by Crippen LogP contribution is -2.30. The third-order valence-corrected chi connectivity index (χ3v) is 5.54. The molecule has 26 heavy (non-hydrogen) atoms. The molecule has 0 N–H and O–H groups in total. The molecule has 0 spiro atoms. The fourth-order valence-electron chi connectivity index (χ4n) is 3.74. The third-order valence-electron chi connectivity index (χ3n) is 5.54. The first-order valence-electron chi connectivity index (χ1n) is 11.9. The minimum absolute atomic E-state index is 1.19. The van der Waals surface area contributed by atoms with Crippen molar-refractivity contribution in [2.24, 2.45) is 0 Å². The Morgan fingerprint density at radius 2 is 1.04 bits per heavy atom. The molecule has 1 aromatic heterocycles. The van der Waals surface area contributed by atoms with E-state index in [1.54, 1.807) is 0 Å². The number of rotatable bonds is 19. The van der Waals surface area contributed by atoms with Gasteiger partial charge >= 0.3 is 0 Å². The minimum atomic E-state index is 1.19. The number of hydrogen-bond donors (Lipinski definition) is 0. The SMILES string of the molecule is CCCCCCCCCCCCCCC[n+]1ccn(CCCCCC)c1. The fourth-order valence-corrected chi connectivity index (χ4v) is 3.74. The van der Waals surface area contributed by atoms with E-state index in [2.05, 4.69) is 41.7 Å². The topological polar surface area (TPSA) is 8.81 Å². The molecule has 0 saturated heterocycles. The molecule has 0 radical (unpaired) electrons. The predicted octanol–water partition coefficient (Wildman–Crippen LogP) is 7.45. The first-order valence-corrected chi connectivity index (χ1v) is 11.9. The van der Waals surface area contributed by atoms with E-state index in [1.807, 2.05) is 0 Å². The highest BCUT2D eigenvalue weighted by Crippen LogP contribution is 2.12. The van der Waals surface area contributed by atoms with E-state index in [-0.39, 0.29) is 0 Å². The van der Waals surface area contributed by atoms with Gasteiger partial charge in [-0.15, -0.1) is 0 Å². The Morgan fingerprint density at radius 3 is 1.58 bits per heavy atom. The third kappa shape index (κ3) is 13.4. The maximum atomic E-state index is 2.37. The first kappa shape index (κ1) is 23.2. The zero-order valence-electron chi connectivity index (χ0n) is 18.1. The quantitative estimate of drug-likeness (QED) is 0.178. The zero-order valence-corrected chi connectivity index (χ0v) is 18.1. The Bertz CT molecular complexity index is 397. The lowest BCUT2D eigenvalue weighted by atomic mass is 10.0. The van der Waals surface area contributed by atoms with Crippen LogP contribution in [0.4, 0.5) is 0 Å². The Labute approximate surface area is 164 Å². The molecule has 0 amide bonds. The largest absolute Gasteiger partial charge is 0.243 e. The maximum absolute atomic E-state index is 2.37. The van der Waals surface area contributed by atoms with Crippen molar-refractivity contribution >= 4 is 0 Å². The van der Waals surface area contributed by atoms with E-state index < -0.39 is 0 Å². The van der Waals surface area contributed by atoms with Gasteiger partial charge in [-0.1, -0.05) is 97.3 Å². The average molecular weight is 364 g/mol. The van der Waals surface area contributed by atoms with Crippen LogP contribution in [0.15, 0.2) is 18.7 Å². The van der Waals surface area contributed by atoms with Crippen molar-refractivity contribution in [2.75, 3.05) is 0 Å². The van der Waals surface area contributed by atoms with Gasteiger partial charge in [-0.3, -0.25) is 0 Å². The van der Waals surface area contributed by atoms with E-state index in [4.69, 9.17) is 0 Å². The van der Waals surface area contributed by atoms with Crippen LogP contribution in [0.5, 0.6) is 0 Å². The van der Waals surface area contributed by atoms with Gasteiger partial charge in [0.05, 0.1) is 13.1 Å². The zero-order chi connectivity index (χ0) is 18.7. The molecule has 1 aromatic rings. The molecule has 0 aliphatic carbocycles. The molecule has 0 fully saturated rings. The van der Waals surface area contributed by atoms with Crippen molar-refractivity contribution in [3.05, 3.63) is 18.7 Å².